The topological polar surface area (TPSA) is 29.3 Å². The first-order valence-corrected chi connectivity index (χ1v) is 6.31. The second-order valence-corrected chi connectivity index (χ2v) is 5.80. The van der Waals surface area contributed by atoms with Gasteiger partial charge in [-0.15, -0.1) is 0 Å². The minimum atomic E-state index is 0.188. The molecule has 0 fully saturated rings. The fourth-order valence-corrected chi connectivity index (χ4v) is 2.71. The summed E-state index contributed by atoms with van der Waals surface area (Å²) in [4.78, 5) is 2.29. The predicted octanol–water partition coefficient (Wildman–Crippen LogP) is 2.97. The van der Waals surface area contributed by atoms with Gasteiger partial charge in [-0.1, -0.05) is 43.7 Å². The molecule has 0 heterocycles. The van der Waals surface area contributed by atoms with Gasteiger partial charge in [0.1, 0.15) is 0 Å². The van der Waals surface area contributed by atoms with Crippen molar-refractivity contribution >= 4 is 0 Å². The van der Waals surface area contributed by atoms with Crippen LogP contribution in [0.4, 0.5) is 0 Å². The lowest BCUT2D eigenvalue weighted by Crippen LogP contribution is -2.35. The largest absolute Gasteiger partial charge is 0.330 e. The lowest BCUT2D eigenvalue weighted by molar-refractivity contribution is 0.128. The van der Waals surface area contributed by atoms with Crippen LogP contribution in [-0.4, -0.2) is 25.5 Å². The van der Waals surface area contributed by atoms with Crippen molar-refractivity contribution in [1.82, 2.24) is 4.90 Å². The van der Waals surface area contributed by atoms with Gasteiger partial charge in [0.15, 0.2) is 0 Å². The highest BCUT2D eigenvalue weighted by molar-refractivity contribution is 5.25. The second-order valence-electron chi connectivity index (χ2n) is 5.80. The van der Waals surface area contributed by atoms with Crippen molar-refractivity contribution < 1.29 is 0 Å². The maximum absolute atomic E-state index is 5.74. The lowest BCUT2D eigenvalue weighted by atomic mass is 9.77. The van der Waals surface area contributed by atoms with E-state index in [2.05, 4.69) is 64.0 Å². The lowest BCUT2D eigenvalue weighted by Gasteiger charge is -2.39. The molecular weight excluding hydrogens is 208 g/mol. The van der Waals surface area contributed by atoms with Gasteiger partial charge in [0.25, 0.3) is 0 Å². The molecule has 0 bridgehead atoms. The zero-order chi connectivity index (χ0) is 13.1. The molecule has 2 heteroatoms. The average molecular weight is 234 g/mol. The van der Waals surface area contributed by atoms with Crippen LogP contribution < -0.4 is 5.73 Å². The zero-order valence-electron chi connectivity index (χ0n) is 11.8. The first kappa shape index (κ1) is 14.2. The third-order valence-electron chi connectivity index (χ3n) is 3.44. The Hall–Kier alpha value is -0.860. The first-order valence-electron chi connectivity index (χ1n) is 6.31. The van der Waals surface area contributed by atoms with Gasteiger partial charge in [-0.3, -0.25) is 0 Å². The molecule has 0 saturated carbocycles. The molecule has 0 aromatic heterocycles. The molecule has 1 aromatic rings. The fraction of sp³-hybridized carbons (Fsp3) is 0.600. The Balaban J connectivity index is 3.05. The van der Waals surface area contributed by atoms with Crippen molar-refractivity contribution in [2.75, 3.05) is 20.6 Å². The molecule has 0 aliphatic rings. The van der Waals surface area contributed by atoms with Crippen LogP contribution in [0.5, 0.6) is 0 Å². The van der Waals surface area contributed by atoms with Gasteiger partial charge in [0, 0.05) is 6.04 Å². The van der Waals surface area contributed by atoms with Crippen LogP contribution in [0.3, 0.4) is 0 Å². The summed E-state index contributed by atoms with van der Waals surface area (Å²) in [5, 5.41) is 0. The molecule has 1 unspecified atom stereocenters. The van der Waals surface area contributed by atoms with E-state index in [4.69, 9.17) is 5.73 Å². The van der Waals surface area contributed by atoms with Gasteiger partial charge in [0.2, 0.25) is 0 Å². The molecule has 0 aliphatic carbocycles. The van der Waals surface area contributed by atoms with E-state index in [1.807, 2.05) is 0 Å². The monoisotopic (exact) mass is 234 g/mol. The third kappa shape index (κ3) is 3.55. The van der Waals surface area contributed by atoms with E-state index in [0.717, 1.165) is 13.0 Å². The Labute approximate surface area is 106 Å². The van der Waals surface area contributed by atoms with Gasteiger partial charge >= 0.3 is 0 Å². The summed E-state index contributed by atoms with van der Waals surface area (Å²) in [6.45, 7) is 7.46. The highest BCUT2D eigenvalue weighted by Crippen LogP contribution is 2.39. The van der Waals surface area contributed by atoms with E-state index in [1.54, 1.807) is 0 Å². The van der Waals surface area contributed by atoms with E-state index in [9.17, 15) is 0 Å². The van der Waals surface area contributed by atoms with E-state index in [-0.39, 0.29) is 5.41 Å². The Kier molecular flexibility index (Phi) is 4.72. The summed E-state index contributed by atoms with van der Waals surface area (Å²) in [7, 11) is 4.28. The van der Waals surface area contributed by atoms with E-state index in [0.29, 0.717) is 6.04 Å². The first-order chi connectivity index (χ1) is 7.88. The number of benzene rings is 1. The fourth-order valence-electron chi connectivity index (χ4n) is 2.71. The van der Waals surface area contributed by atoms with Crippen LogP contribution in [-0.2, 0) is 0 Å². The number of hydrogen-bond acceptors (Lipinski definition) is 2. The van der Waals surface area contributed by atoms with Crippen LogP contribution in [0.2, 0.25) is 0 Å². The Morgan fingerprint density at radius 2 is 1.71 bits per heavy atom. The number of hydrogen-bond donors (Lipinski definition) is 1. The quantitative estimate of drug-likeness (QED) is 0.848. The standard InChI is InChI=1S/C15H26N2/c1-12-6-8-13(9-7-12)14(17(4)5)15(2,3)10-11-16/h6-9,14H,10-11,16H2,1-5H3. The normalized spacial score (nSPS) is 14.1. The van der Waals surface area contributed by atoms with Gasteiger partial charge in [-0.2, -0.15) is 0 Å². The maximum atomic E-state index is 5.74. The predicted molar refractivity (Wildman–Crippen MR) is 75.1 cm³/mol. The number of nitrogens with zero attached hydrogens (tertiary/aromatic N) is 1. The van der Waals surface area contributed by atoms with Crippen molar-refractivity contribution in [1.29, 1.82) is 0 Å². The number of aryl methyl sites for hydroxylation is 1. The van der Waals surface area contributed by atoms with Crippen LogP contribution in [0.15, 0.2) is 24.3 Å². The summed E-state index contributed by atoms with van der Waals surface area (Å²) < 4.78 is 0. The Bertz CT molecular complexity index is 338. The molecule has 1 aromatic carbocycles. The van der Waals surface area contributed by atoms with Gasteiger partial charge < -0.3 is 10.6 Å². The second kappa shape index (κ2) is 5.65. The average Bonchev–Trinajstić information content (AvgIpc) is 2.20. The highest BCUT2D eigenvalue weighted by Gasteiger charge is 2.31. The molecule has 0 aliphatic heterocycles. The van der Waals surface area contributed by atoms with E-state index < -0.39 is 0 Å². The summed E-state index contributed by atoms with van der Waals surface area (Å²) in [5.41, 5.74) is 8.61. The van der Waals surface area contributed by atoms with Crippen LogP contribution >= 0.6 is 0 Å². The smallest absolute Gasteiger partial charge is 0.0393 e. The molecule has 0 spiro atoms. The minimum absolute atomic E-state index is 0.188. The summed E-state index contributed by atoms with van der Waals surface area (Å²) in [6, 6.07) is 9.25. The van der Waals surface area contributed by atoms with Gasteiger partial charge in [-0.05, 0) is 45.0 Å². The summed E-state index contributed by atoms with van der Waals surface area (Å²) in [5.74, 6) is 0. The molecule has 0 radical (unpaired) electrons. The summed E-state index contributed by atoms with van der Waals surface area (Å²) in [6.07, 6.45) is 1.03. The molecule has 2 nitrogen and oxygen atoms in total. The van der Waals surface area contributed by atoms with Gasteiger partial charge in [0.05, 0.1) is 0 Å². The minimum Gasteiger partial charge on any atom is -0.330 e. The Morgan fingerprint density at radius 1 is 1.18 bits per heavy atom. The zero-order valence-corrected chi connectivity index (χ0v) is 11.8. The molecule has 0 saturated heterocycles. The van der Waals surface area contributed by atoms with Crippen LogP contribution in [0.1, 0.15) is 37.4 Å². The molecular formula is C15H26N2. The van der Waals surface area contributed by atoms with Crippen LogP contribution in [0, 0.1) is 12.3 Å². The third-order valence-corrected chi connectivity index (χ3v) is 3.44. The molecule has 1 atom stereocenters. The molecule has 17 heavy (non-hydrogen) atoms. The van der Waals surface area contributed by atoms with E-state index >= 15 is 0 Å². The van der Waals surface area contributed by atoms with Crippen molar-refractivity contribution in [2.24, 2.45) is 11.1 Å². The molecule has 0 amide bonds. The van der Waals surface area contributed by atoms with Crippen molar-refractivity contribution in [3.05, 3.63) is 35.4 Å². The Morgan fingerprint density at radius 3 is 2.12 bits per heavy atom. The van der Waals surface area contributed by atoms with Gasteiger partial charge in [-0.25, -0.2) is 0 Å². The number of rotatable bonds is 5. The SMILES string of the molecule is Cc1ccc(C(N(C)C)C(C)(C)CCN)cc1. The van der Waals surface area contributed by atoms with Crippen LogP contribution in [0.25, 0.3) is 0 Å². The van der Waals surface area contributed by atoms with Crippen molar-refractivity contribution in [2.45, 2.75) is 33.2 Å². The van der Waals surface area contributed by atoms with Crippen molar-refractivity contribution in [3.63, 3.8) is 0 Å². The number of nitrogens with two attached hydrogens (primary N) is 1. The maximum Gasteiger partial charge on any atom is 0.0393 e. The molecule has 1 rings (SSSR count). The molecule has 96 valence electrons. The van der Waals surface area contributed by atoms with Crippen molar-refractivity contribution in [3.8, 4) is 0 Å². The molecule has 2 N–H and O–H groups in total. The summed E-state index contributed by atoms with van der Waals surface area (Å²) >= 11 is 0. The highest BCUT2D eigenvalue weighted by atomic mass is 15.1. The van der Waals surface area contributed by atoms with E-state index in [1.165, 1.54) is 11.1 Å².